The molecule has 0 aromatic carbocycles. The van der Waals surface area contributed by atoms with Crippen molar-refractivity contribution in [1.82, 2.24) is 0 Å². The van der Waals surface area contributed by atoms with Gasteiger partial charge in [0.25, 0.3) is 0 Å². The summed E-state index contributed by atoms with van der Waals surface area (Å²) in [5.74, 6) is 0.667. The Morgan fingerprint density at radius 2 is 2.16 bits per heavy atom. The number of carbonyl (C=O) groups excluding carboxylic acids is 1. The Hall–Kier alpha value is -0.890. The van der Waals surface area contributed by atoms with Crippen LogP contribution < -0.4 is 0 Å². The minimum atomic E-state index is -0.526. The van der Waals surface area contributed by atoms with Crippen LogP contribution in [0, 0.1) is 22.7 Å². The van der Waals surface area contributed by atoms with Crippen LogP contribution in [0.15, 0.2) is 24.3 Å². The number of aliphatic hydroxyl groups is 1. The summed E-state index contributed by atoms with van der Waals surface area (Å²) in [5, 5.41) is 10.3. The van der Waals surface area contributed by atoms with Crippen molar-refractivity contribution in [3.05, 3.63) is 24.3 Å². The van der Waals surface area contributed by atoms with E-state index in [9.17, 15) is 9.90 Å². The Balaban J connectivity index is 2.59. The summed E-state index contributed by atoms with van der Waals surface area (Å²) in [6.45, 7) is 12.4. The number of Topliss-reactive ketones (excluding diaryl/α,β-unsaturated/α-hetero) is 1. The SMILES string of the molecule is C=CC[C@]12C(=O)C[C@@H](O)C(C)(C)[C@H]1CC=C(C)[C@H]2C. The molecule has 0 saturated heterocycles. The fraction of sp³-hybridized carbons (Fsp3) is 0.706. The molecule has 2 heteroatoms. The lowest BCUT2D eigenvalue weighted by Gasteiger charge is -2.57. The minimum Gasteiger partial charge on any atom is -0.392 e. The van der Waals surface area contributed by atoms with Crippen LogP contribution >= 0.6 is 0 Å². The van der Waals surface area contributed by atoms with Crippen molar-refractivity contribution < 1.29 is 9.90 Å². The van der Waals surface area contributed by atoms with Crippen LogP contribution in [0.5, 0.6) is 0 Å². The number of hydrogen-bond donors (Lipinski definition) is 1. The van der Waals surface area contributed by atoms with Crippen molar-refractivity contribution in [2.45, 2.75) is 53.1 Å². The van der Waals surface area contributed by atoms with E-state index in [0.29, 0.717) is 0 Å². The predicted octanol–water partition coefficient (Wildman–Crippen LogP) is 3.51. The van der Waals surface area contributed by atoms with Gasteiger partial charge in [0.1, 0.15) is 5.78 Å². The van der Waals surface area contributed by atoms with Crippen LogP contribution in [-0.4, -0.2) is 17.0 Å². The maximum atomic E-state index is 12.8. The Bertz CT molecular complexity index is 433. The van der Waals surface area contributed by atoms with E-state index in [4.69, 9.17) is 0 Å². The van der Waals surface area contributed by atoms with Crippen LogP contribution in [0.3, 0.4) is 0 Å². The number of aliphatic hydroxyl groups excluding tert-OH is 1. The molecule has 0 spiro atoms. The molecule has 0 radical (unpaired) electrons. The van der Waals surface area contributed by atoms with Gasteiger partial charge in [-0.3, -0.25) is 4.79 Å². The molecule has 0 aromatic heterocycles. The molecule has 2 nitrogen and oxygen atoms in total. The van der Waals surface area contributed by atoms with E-state index in [-0.39, 0.29) is 34.9 Å². The molecular formula is C17H26O2. The largest absolute Gasteiger partial charge is 0.392 e. The smallest absolute Gasteiger partial charge is 0.142 e. The highest BCUT2D eigenvalue weighted by molar-refractivity contribution is 5.88. The quantitative estimate of drug-likeness (QED) is 0.773. The highest BCUT2D eigenvalue weighted by atomic mass is 16.3. The lowest BCUT2D eigenvalue weighted by molar-refractivity contribution is -0.162. The zero-order valence-corrected chi connectivity index (χ0v) is 12.6. The third-order valence-electron chi connectivity index (χ3n) is 5.89. The van der Waals surface area contributed by atoms with Crippen LogP contribution in [-0.2, 0) is 4.79 Å². The van der Waals surface area contributed by atoms with E-state index >= 15 is 0 Å². The first-order valence-corrected chi connectivity index (χ1v) is 7.27. The standard InChI is InChI=1S/C17H26O2/c1-6-9-17-12(3)11(2)7-8-13(17)16(4,5)14(18)10-15(17)19/h6-7,12-14,18H,1,8-10H2,2-5H3/t12-,13-,14-,17-/m1/s1. The Labute approximate surface area is 116 Å². The van der Waals surface area contributed by atoms with Gasteiger partial charge in [0.2, 0.25) is 0 Å². The highest BCUT2D eigenvalue weighted by Gasteiger charge is 2.60. The molecule has 0 bridgehead atoms. The van der Waals surface area contributed by atoms with E-state index in [1.165, 1.54) is 5.57 Å². The zero-order valence-electron chi connectivity index (χ0n) is 12.6. The van der Waals surface area contributed by atoms with Gasteiger partial charge in [0, 0.05) is 11.8 Å². The lowest BCUT2D eigenvalue weighted by Crippen LogP contribution is -2.59. The molecule has 106 valence electrons. The van der Waals surface area contributed by atoms with Crippen LogP contribution in [0.25, 0.3) is 0 Å². The Morgan fingerprint density at radius 1 is 1.53 bits per heavy atom. The molecule has 0 amide bonds. The van der Waals surface area contributed by atoms with E-state index in [0.717, 1.165) is 12.8 Å². The summed E-state index contributed by atoms with van der Waals surface area (Å²) in [4.78, 5) is 12.8. The molecular weight excluding hydrogens is 236 g/mol. The predicted molar refractivity (Wildman–Crippen MR) is 77.7 cm³/mol. The molecule has 0 heterocycles. The summed E-state index contributed by atoms with van der Waals surface area (Å²) < 4.78 is 0. The summed E-state index contributed by atoms with van der Waals surface area (Å²) >= 11 is 0. The van der Waals surface area contributed by atoms with Crippen molar-refractivity contribution in [3.63, 3.8) is 0 Å². The van der Waals surface area contributed by atoms with Gasteiger partial charge in [-0.15, -0.1) is 6.58 Å². The molecule has 0 unspecified atom stereocenters. The zero-order chi connectivity index (χ0) is 14.4. The lowest BCUT2D eigenvalue weighted by atomic mass is 9.46. The maximum Gasteiger partial charge on any atom is 0.142 e. The van der Waals surface area contributed by atoms with Crippen LogP contribution in [0.2, 0.25) is 0 Å². The van der Waals surface area contributed by atoms with E-state index in [1.807, 2.05) is 6.08 Å². The molecule has 4 atom stereocenters. The van der Waals surface area contributed by atoms with Crippen LogP contribution in [0.1, 0.15) is 47.0 Å². The van der Waals surface area contributed by atoms with Crippen molar-refractivity contribution in [2.75, 3.05) is 0 Å². The Morgan fingerprint density at radius 3 is 2.74 bits per heavy atom. The van der Waals surface area contributed by atoms with Gasteiger partial charge in [-0.25, -0.2) is 0 Å². The molecule has 0 aromatic rings. The third kappa shape index (κ3) is 1.84. The summed E-state index contributed by atoms with van der Waals surface area (Å²) in [6.07, 6.45) is 5.51. The number of hydrogen-bond acceptors (Lipinski definition) is 2. The molecule has 2 rings (SSSR count). The summed E-state index contributed by atoms with van der Waals surface area (Å²) in [5.41, 5.74) is 0.727. The van der Waals surface area contributed by atoms with E-state index in [1.54, 1.807) is 0 Å². The topological polar surface area (TPSA) is 37.3 Å². The van der Waals surface area contributed by atoms with E-state index in [2.05, 4.69) is 40.3 Å². The molecule has 19 heavy (non-hydrogen) atoms. The van der Waals surface area contributed by atoms with Crippen molar-refractivity contribution in [3.8, 4) is 0 Å². The number of fused-ring (bicyclic) bond motifs is 1. The van der Waals surface area contributed by atoms with Crippen molar-refractivity contribution in [1.29, 1.82) is 0 Å². The third-order valence-corrected chi connectivity index (χ3v) is 5.89. The molecule has 0 aliphatic heterocycles. The van der Waals surface area contributed by atoms with Crippen molar-refractivity contribution in [2.24, 2.45) is 22.7 Å². The molecule has 1 N–H and O–H groups in total. The number of carbonyl (C=O) groups is 1. The number of rotatable bonds is 2. The normalized spacial score (nSPS) is 41.4. The first-order valence-electron chi connectivity index (χ1n) is 7.27. The van der Waals surface area contributed by atoms with Gasteiger partial charge in [-0.1, -0.05) is 38.5 Å². The van der Waals surface area contributed by atoms with Gasteiger partial charge in [0.15, 0.2) is 0 Å². The van der Waals surface area contributed by atoms with Gasteiger partial charge in [0.05, 0.1) is 6.10 Å². The van der Waals surface area contributed by atoms with Crippen molar-refractivity contribution >= 4 is 5.78 Å². The van der Waals surface area contributed by atoms with Gasteiger partial charge in [-0.05, 0) is 37.0 Å². The average Bonchev–Trinajstić information content (AvgIpc) is 2.33. The molecule has 2 aliphatic rings. The summed E-state index contributed by atoms with van der Waals surface area (Å²) in [7, 11) is 0. The number of ketones is 1. The average molecular weight is 262 g/mol. The van der Waals surface area contributed by atoms with Crippen LogP contribution in [0.4, 0.5) is 0 Å². The first kappa shape index (κ1) is 14.5. The molecule has 1 fully saturated rings. The second kappa shape index (κ2) is 4.59. The minimum absolute atomic E-state index is 0.202. The second-order valence-electron chi connectivity index (χ2n) is 6.96. The second-order valence-corrected chi connectivity index (χ2v) is 6.96. The highest BCUT2D eigenvalue weighted by Crippen LogP contribution is 2.59. The summed E-state index contributed by atoms with van der Waals surface area (Å²) in [6, 6.07) is 0. The van der Waals surface area contributed by atoms with E-state index < -0.39 is 6.10 Å². The Kier molecular flexibility index (Phi) is 3.51. The van der Waals surface area contributed by atoms with Gasteiger partial charge < -0.3 is 5.11 Å². The monoisotopic (exact) mass is 262 g/mol. The fourth-order valence-electron chi connectivity index (χ4n) is 4.33. The molecule has 2 aliphatic carbocycles. The van der Waals surface area contributed by atoms with Gasteiger partial charge in [-0.2, -0.15) is 0 Å². The fourth-order valence-corrected chi connectivity index (χ4v) is 4.33. The maximum absolute atomic E-state index is 12.8. The first-order chi connectivity index (χ1) is 8.78. The van der Waals surface area contributed by atoms with Gasteiger partial charge >= 0.3 is 0 Å². The number of allylic oxidation sites excluding steroid dienone is 3. The molecule has 1 saturated carbocycles.